The number of rotatable bonds is 1. The summed E-state index contributed by atoms with van der Waals surface area (Å²) in [6.45, 7) is 0.535. The molecule has 1 fully saturated rings. The first-order valence-corrected chi connectivity index (χ1v) is 4.72. The summed E-state index contributed by atoms with van der Waals surface area (Å²) in [6.07, 6.45) is 1.91. The standard InChI is InChI=1S/C9H10ClN3O/c10-6-1-2-8(12-4-6)13-5-7(11)3-9(13)14/h1-2,4,7H,3,5,11H2. The number of aromatic nitrogens is 1. The molecule has 0 radical (unpaired) electrons. The van der Waals surface area contributed by atoms with Crippen LogP contribution in [0.2, 0.25) is 5.02 Å². The van der Waals surface area contributed by atoms with Gasteiger partial charge in [-0.15, -0.1) is 0 Å². The van der Waals surface area contributed by atoms with E-state index in [-0.39, 0.29) is 11.9 Å². The van der Waals surface area contributed by atoms with Crippen molar-refractivity contribution in [3.63, 3.8) is 0 Å². The Kier molecular flexibility index (Phi) is 2.39. The lowest BCUT2D eigenvalue weighted by molar-refractivity contribution is -0.117. The molecule has 2 heterocycles. The van der Waals surface area contributed by atoms with Crippen LogP contribution in [0.4, 0.5) is 5.82 Å². The summed E-state index contributed by atoms with van der Waals surface area (Å²) in [5, 5.41) is 0.560. The first-order chi connectivity index (χ1) is 6.66. The summed E-state index contributed by atoms with van der Waals surface area (Å²) in [6, 6.07) is 3.35. The van der Waals surface area contributed by atoms with E-state index in [0.717, 1.165) is 0 Å². The van der Waals surface area contributed by atoms with Crippen molar-refractivity contribution in [1.82, 2.24) is 4.98 Å². The average Bonchev–Trinajstić information content (AvgIpc) is 2.47. The van der Waals surface area contributed by atoms with Crippen molar-refractivity contribution in [2.45, 2.75) is 12.5 Å². The zero-order valence-corrected chi connectivity index (χ0v) is 8.24. The maximum Gasteiger partial charge on any atom is 0.229 e. The third-order valence-corrected chi connectivity index (χ3v) is 2.37. The number of hydrogen-bond donors (Lipinski definition) is 1. The van der Waals surface area contributed by atoms with Crippen LogP contribution in [-0.2, 0) is 4.79 Å². The van der Waals surface area contributed by atoms with Crippen molar-refractivity contribution in [1.29, 1.82) is 0 Å². The highest BCUT2D eigenvalue weighted by Gasteiger charge is 2.28. The quantitative estimate of drug-likeness (QED) is 0.748. The van der Waals surface area contributed by atoms with Crippen molar-refractivity contribution in [2.24, 2.45) is 5.73 Å². The van der Waals surface area contributed by atoms with Crippen LogP contribution >= 0.6 is 11.6 Å². The average molecular weight is 212 g/mol. The lowest BCUT2D eigenvalue weighted by Crippen LogP contribution is -2.28. The first-order valence-electron chi connectivity index (χ1n) is 4.34. The molecule has 1 aromatic rings. The normalized spacial score (nSPS) is 21.7. The van der Waals surface area contributed by atoms with E-state index in [0.29, 0.717) is 23.8 Å². The lowest BCUT2D eigenvalue weighted by Gasteiger charge is -2.14. The first kappa shape index (κ1) is 9.43. The fourth-order valence-corrected chi connectivity index (χ4v) is 1.60. The molecular weight excluding hydrogens is 202 g/mol. The molecule has 2 N–H and O–H groups in total. The van der Waals surface area contributed by atoms with E-state index in [1.165, 1.54) is 6.20 Å². The Labute approximate surface area is 86.7 Å². The second-order valence-corrected chi connectivity index (χ2v) is 3.74. The van der Waals surface area contributed by atoms with Gasteiger partial charge < -0.3 is 5.73 Å². The number of amides is 1. The molecule has 14 heavy (non-hydrogen) atoms. The summed E-state index contributed by atoms with van der Waals surface area (Å²) in [5.74, 6) is 0.639. The Morgan fingerprint density at radius 3 is 2.86 bits per heavy atom. The molecule has 1 unspecified atom stereocenters. The van der Waals surface area contributed by atoms with E-state index < -0.39 is 0 Å². The van der Waals surface area contributed by atoms with Crippen molar-refractivity contribution >= 4 is 23.3 Å². The Bertz CT molecular complexity index is 352. The van der Waals surface area contributed by atoms with Crippen LogP contribution in [0.3, 0.4) is 0 Å². The smallest absolute Gasteiger partial charge is 0.229 e. The summed E-state index contributed by atoms with van der Waals surface area (Å²) in [5.41, 5.74) is 5.67. The third kappa shape index (κ3) is 1.71. The Morgan fingerprint density at radius 2 is 2.36 bits per heavy atom. The van der Waals surface area contributed by atoms with Gasteiger partial charge >= 0.3 is 0 Å². The number of halogens is 1. The predicted molar refractivity (Wildman–Crippen MR) is 54.2 cm³/mol. The van der Waals surface area contributed by atoms with Crippen molar-refractivity contribution in [3.8, 4) is 0 Å². The molecule has 0 spiro atoms. The van der Waals surface area contributed by atoms with Gasteiger partial charge in [0.05, 0.1) is 5.02 Å². The SMILES string of the molecule is NC1CC(=O)N(c2ccc(Cl)cn2)C1. The zero-order valence-electron chi connectivity index (χ0n) is 7.48. The van der Waals surface area contributed by atoms with Gasteiger partial charge in [0.25, 0.3) is 0 Å². The van der Waals surface area contributed by atoms with Crippen LogP contribution in [0, 0.1) is 0 Å². The van der Waals surface area contributed by atoms with Gasteiger partial charge in [0, 0.05) is 25.2 Å². The number of hydrogen-bond acceptors (Lipinski definition) is 3. The van der Waals surface area contributed by atoms with Crippen molar-refractivity contribution in [3.05, 3.63) is 23.4 Å². The summed E-state index contributed by atoms with van der Waals surface area (Å²) >= 11 is 5.69. The highest BCUT2D eigenvalue weighted by molar-refractivity contribution is 6.30. The molecule has 1 atom stereocenters. The maximum atomic E-state index is 11.4. The second kappa shape index (κ2) is 3.55. The van der Waals surface area contributed by atoms with Crippen molar-refractivity contribution in [2.75, 3.05) is 11.4 Å². The predicted octanol–water partition coefficient (Wildman–Crippen LogP) is 0.799. The summed E-state index contributed by atoms with van der Waals surface area (Å²) in [7, 11) is 0. The van der Waals surface area contributed by atoms with Crippen molar-refractivity contribution < 1.29 is 4.79 Å². The molecule has 5 heteroatoms. The molecule has 0 bridgehead atoms. The van der Waals surface area contributed by atoms with Gasteiger partial charge in [0.1, 0.15) is 5.82 Å². The molecule has 1 aromatic heterocycles. The van der Waals surface area contributed by atoms with Crippen LogP contribution in [0.15, 0.2) is 18.3 Å². The summed E-state index contributed by atoms with van der Waals surface area (Å²) < 4.78 is 0. The van der Waals surface area contributed by atoms with Gasteiger partial charge in [-0.05, 0) is 12.1 Å². The molecule has 1 amide bonds. The number of nitrogens with zero attached hydrogens (tertiary/aromatic N) is 2. The largest absolute Gasteiger partial charge is 0.326 e. The minimum Gasteiger partial charge on any atom is -0.326 e. The minimum absolute atomic E-state index is 0.0207. The Morgan fingerprint density at radius 1 is 1.57 bits per heavy atom. The number of pyridine rings is 1. The fourth-order valence-electron chi connectivity index (χ4n) is 1.48. The van der Waals surface area contributed by atoms with E-state index in [2.05, 4.69) is 4.98 Å². The Balaban J connectivity index is 2.23. The van der Waals surface area contributed by atoms with Gasteiger partial charge in [-0.25, -0.2) is 4.98 Å². The van der Waals surface area contributed by atoms with Crippen LogP contribution < -0.4 is 10.6 Å². The third-order valence-electron chi connectivity index (χ3n) is 2.14. The number of nitrogens with two attached hydrogens (primary N) is 1. The summed E-state index contributed by atoms with van der Waals surface area (Å²) in [4.78, 5) is 17.1. The van der Waals surface area contributed by atoms with Gasteiger partial charge in [-0.1, -0.05) is 11.6 Å². The molecule has 74 valence electrons. The van der Waals surface area contributed by atoms with E-state index in [9.17, 15) is 4.79 Å². The highest BCUT2D eigenvalue weighted by Crippen LogP contribution is 2.19. The fraction of sp³-hybridized carbons (Fsp3) is 0.333. The monoisotopic (exact) mass is 211 g/mol. The van der Waals surface area contributed by atoms with E-state index >= 15 is 0 Å². The van der Waals surface area contributed by atoms with Crippen LogP contribution in [0.5, 0.6) is 0 Å². The number of carbonyl (C=O) groups is 1. The number of anilines is 1. The van der Waals surface area contributed by atoms with Gasteiger partial charge in [0.15, 0.2) is 0 Å². The molecule has 0 saturated carbocycles. The van der Waals surface area contributed by atoms with Gasteiger partial charge in [-0.3, -0.25) is 9.69 Å². The second-order valence-electron chi connectivity index (χ2n) is 3.30. The van der Waals surface area contributed by atoms with Crippen LogP contribution in [0.25, 0.3) is 0 Å². The topological polar surface area (TPSA) is 59.2 Å². The highest BCUT2D eigenvalue weighted by atomic mass is 35.5. The van der Waals surface area contributed by atoms with Gasteiger partial charge in [-0.2, -0.15) is 0 Å². The molecule has 1 aliphatic heterocycles. The number of carbonyl (C=O) groups excluding carboxylic acids is 1. The van der Waals surface area contributed by atoms with E-state index in [1.807, 2.05) is 0 Å². The molecule has 1 aliphatic rings. The molecule has 1 saturated heterocycles. The van der Waals surface area contributed by atoms with Crippen LogP contribution in [0.1, 0.15) is 6.42 Å². The molecule has 4 nitrogen and oxygen atoms in total. The maximum absolute atomic E-state index is 11.4. The minimum atomic E-state index is -0.0834. The lowest BCUT2D eigenvalue weighted by atomic mass is 10.3. The zero-order chi connectivity index (χ0) is 10.1. The molecular formula is C9H10ClN3O. The van der Waals surface area contributed by atoms with Gasteiger partial charge in [0.2, 0.25) is 5.91 Å². The molecule has 0 aromatic carbocycles. The van der Waals surface area contributed by atoms with Crippen LogP contribution in [-0.4, -0.2) is 23.5 Å². The molecule has 0 aliphatic carbocycles. The Hall–Kier alpha value is -1.13. The van der Waals surface area contributed by atoms with E-state index in [1.54, 1.807) is 17.0 Å². The molecule has 2 rings (SSSR count). The van der Waals surface area contributed by atoms with E-state index in [4.69, 9.17) is 17.3 Å².